The minimum absolute atomic E-state index is 0.104. The maximum atomic E-state index is 12.4. The molecule has 32 heavy (non-hydrogen) atoms. The number of amides is 1. The lowest BCUT2D eigenvalue weighted by molar-refractivity contribution is 0.0889. The van der Waals surface area contributed by atoms with Crippen molar-refractivity contribution in [1.82, 2.24) is 29.8 Å². The first-order valence-corrected chi connectivity index (χ1v) is 10.9. The summed E-state index contributed by atoms with van der Waals surface area (Å²) in [4.78, 5) is 30.1. The third-order valence-electron chi connectivity index (χ3n) is 5.73. The van der Waals surface area contributed by atoms with Gasteiger partial charge in [0.15, 0.2) is 11.5 Å². The summed E-state index contributed by atoms with van der Waals surface area (Å²) in [5.41, 5.74) is 3.75. The van der Waals surface area contributed by atoms with Gasteiger partial charge in [0, 0.05) is 29.3 Å². The number of nitrogens with zero attached hydrogens (tertiary/aromatic N) is 5. The number of aromatic nitrogens is 5. The molecule has 3 aromatic heterocycles. The number of hydrogen-bond acceptors (Lipinski definition) is 6. The monoisotopic (exact) mass is 447 g/mol. The highest BCUT2D eigenvalue weighted by Gasteiger charge is 2.33. The van der Waals surface area contributed by atoms with Gasteiger partial charge >= 0.3 is 0 Å². The quantitative estimate of drug-likeness (QED) is 0.464. The molecule has 9 heteroatoms. The maximum absolute atomic E-state index is 12.4. The SMILES string of the molecule is Cc1cccc(C(=O)NC2CC(n3cnc4c(NCc5ccccc5Cl)ncnc43)C2)n1. The van der Waals surface area contributed by atoms with Crippen LogP contribution in [0.4, 0.5) is 5.82 Å². The Labute approximate surface area is 190 Å². The molecule has 5 rings (SSSR count). The molecule has 1 aliphatic carbocycles. The zero-order valence-electron chi connectivity index (χ0n) is 17.5. The van der Waals surface area contributed by atoms with E-state index in [-0.39, 0.29) is 18.0 Å². The van der Waals surface area contributed by atoms with Gasteiger partial charge in [0.1, 0.15) is 17.5 Å². The number of carbonyl (C=O) groups excluding carboxylic acids is 1. The van der Waals surface area contributed by atoms with Crippen molar-refractivity contribution in [3.8, 4) is 0 Å². The second-order valence-corrected chi connectivity index (χ2v) is 8.36. The number of anilines is 1. The van der Waals surface area contributed by atoms with E-state index in [2.05, 4.69) is 35.1 Å². The van der Waals surface area contributed by atoms with Crippen molar-refractivity contribution in [3.05, 3.63) is 77.1 Å². The molecule has 162 valence electrons. The van der Waals surface area contributed by atoms with Crippen molar-refractivity contribution in [2.24, 2.45) is 0 Å². The molecule has 3 heterocycles. The number of aryl methyl sites for hydroxylation is 1. The van der Waals surface area contributed by atoms with Gasteiger partial charge in [0.25, 0.3) is 5.91 Å². The molecule has 0 radical (unpaired) electrons. The molecular formula is C23H22ClN7O. The lowest BCUT2D eigenvalue weighted by atomic mass is 9.86. The summed E-state index contributed by atoms with van der Waals surface area (Å²) < 4.78 is 2.06. The van der Waals surface area contributed by atoms with Gasteiger partial charge in [-0.05, 0) is 43.5 Å². The van der Waals surface area contributed by atoms with Crippen LogP contribution in [0.15, 0.2) is 55.1 Å². The largest absolute Gasteiger partial charge is 0.364 e. The highest BCUT2D eigenvalue weighted by molar-refractivity contribution is 6.31. The number of pyridine rings is 1. The number of halogens is 1. The molecule has 1 amide bonds. The van der Waals surface area contributed by atoms with Crippen LogP contribution >= 0.6 is 11.6 Å². The molecule has 1 aromatic carbocycles. The van der Waals surface area contributed by atoms with Crippen LogP contribution in [0.3, 0.4) is 0 Å². The Kier molecular flexibility index (Phi) is 5.45. The van der Waals surface area contributed by atoms with Gasteiger partial charge in [-0.3, -0.25) is 4.79 Å². The fraction of sp³-hybridized carbons (Fsp3) is 0.261. The van der Waals surface area contributed by atoms with E-state index in [1.54, 1.807) is 12.4 Å². The van der Waals surface area contributed by atoms with Gasteiger partial charge in [-0.25, -0.2) is 19.9 Å². The van der Waals surface area contributed by atoms with Gasteiger partial charge < -0.3 is 15.2 Å². The van der Waals surface area contributed by atoms with E-state index < -0.39 is 0 Å². The smallest absolute Gasteiger partial charge is 0.270 e. The zero-order valence-corrected chi connectivity index (χ0v) is 18.3. The summed E-state index contributed by atoms with van der Waals surface area (Å²) in [5.74, 6) is 0.532. The third kappa shape index (κ3) is 4.01. The lowest BCUT2D eigenvalue weighted by Crippen LogP contribution is -2.45. The fourth-order valence-corrected chi connectivity index (χ4v) is 4.13. The topological polar surface area (TPSA) is 97.6 Å². The molecule has 1 saturated carbocycles. The molecule has 0 spiro atoms. The Morgan fingerprint density at radius 3 is 2.78 bits per heavy atom. The van der Waals surface area contributed by atoms with E-state index in [4.69, 9.17) is 11.6 Å². The number of benzene rings is 1. The van der Waals surface area contributed by atoms with Crippen LogP contribution in [-0.4, -0.2) is 36.5 Å². The molecule has 0 aliphatic heterocycles. The molecule has 1 fully saturated rings. The molecular weight excluding hydrogens is 426 g/mol. The number of rotatable bonds is 6. The summed E-state index contributed by atoms with van der Waals surface area (Å²) in [6.45, 7) is 2.42. The third-order valence-corrected chi connectivity index (χ3v) is 6.09. The van der Waals surface area contributed by atoms with Crippen LogP contribution in [0.25, 0.3) is 11.2 Å². The summed E-state index contributed by atoms with van der Waals surface area (Å²) in [6.07, 6.45) is 4.96. The van der Waals surface area contributed by atoms with E-state index in [1.165, 1.54) is 6.33 Å². The van der Waals surface area contributed by atoms with E-state index in [0.717, 1.165) is 35.3 Å². The predicted octanol–water partition coefficient (Wildman–Crippen LogP) is 3.93. The molecule has 2 N–H and O–H groups in total. The second kappa shape index (κ2) is 8.55. The molecule has 0 unspecified atom stereocenters. The van der Waals surface area contributed by atoms with Gasteiger partial charge in [-0.1, -0.05) is 35.9 Å². The maximum Gasteiger partial charge on any atom is 0.270 e. The van der Waals surface area contributed by atoms with E-state index >= 15 is 0 Å². The number of nitrogens with one attached hydrogen (secondary N) is 2. The van der Waals surface area contributed by atoms with Crippen LogP contribution in [-0.2, 0) is 6.54 Å². The average Bonchev–Trinajstić information content (AvgIpc) is 3.19. The van der Waals surface area contributed by atoms with Gasteiger partial charge in [0.05, 0.1) is 6.33 Å². The zero-order chi connectivity index (χ0) is 22.1. The van der Waals surface area contributed by atoms with E-state index in [1.807, 2.05) is 43.3 Å². The predicted molar refractivity (Wildman–Crippen MR) is 123 cm³/mol. The number of fused-ring (bicyclic) bond motifs is 1. The first-order chi connectivity index (χ1) is 15.6. The highest BCUT2D eigenvalue weighted by atomic mass is 35.5. The summed E-state index contributed by atoms with van der Waals surface area (Å²) >= 11 is 6.25. The van der Waals surface area contributed by atoms with Gasteiger partial charge in [-0.15, -0.1) is 0 Å². The fourth-order valence-electron chi connectivity index (χ4n) is 3.93. The number of imidazole rings is 1. The average molecular weight is 448 g/mol. The molecule has 1 aliphatic rings. The van der Waals surface area contributed by atoms with Crippen molar-refractivity contribution in [2.75, 3.05) is 5.32 Å². The summed E-state index contributed by atoms with van der Waals surface area (Å²) in [7, 11) is 0. The Hall–Kier alpha value is -3.52. The van der Waals surface area contributed by atoms with Crippen LogP contribution in [0.2, 0.25) is 5.02 Å². The Morgan fingerprint density at radius 1 is 1.12 bits per heavy atom. The summed E-state index contributed by atoms with van der Waals surface area (Å²) in [6, 6.07) is 13.5. The van der Waals surface area contributed by atoms with Crippen LogP contribution in [0, 0.1) is 6.92 Å². The Bertz CT molecular complexity index is 1280. The standard InChI is InChI=1S/C23H22ClN7O/c1-14-5-4-8-19(29-14)23(32)30-16-9-17(10-16)31-13-28-20-21(26-12-27-22(20)31)25-11-15-6-2-3-7-18(15)24/h2-8,12-13,16-17H,9-11H2,1H3,(H,30,32)(H,25,26,27). The Morgan fingerprint density at radius 2 is 1.97 bits per heavy atom. The van der Waals surface area contributed by atoms with Crippen molar-refractivity contribution >= 4 is 34.5 Å². The first kappa shape index (κ1) is 20.4. The molecule has 8 nitrogen and oxygen atoms in total. The van der Waals surface area contributed by atoms with Crippen LogP contribution in [0.1, 0.15) is 40.6 Å². The second-order valence-electron chi connectivity index (χ2n) is 7.95. The first-order valence-electron chi connectivity index (χ1n) is 10.5. The highest BCUT2D eigenvalue weighted by Crippen LogP contribution is 2.35. The minimum atomic E-state index is -0.138. The molecule has 4 aromatic rings. The van der Waals surface area contributed by atoms with Crippen LogP contribution < -0.4 is 10.6 Å². The lowest BCUT2D eigenvalue weighted by Gasteiger charge is -2.36. The number of hydrogen-bond donors (Lipinski definition) is 2. The van der Waals surface area contributed by atoms with Crippen molar-refractivity contribution in [3.63, 3.8) is 0 Å². The minimum Gasteiger partial charge on any atom is -0.364 e. The van der Waals surface area contributed by atoms with Gasteiger partial charge in [0.2, 0.25) is 0 Å². The van der Waals surface area contributed by atoms with Crippen molar-refractivity contribution in [2.45, 2.75) is 38.4 Å². The number of carbonyl (C=O) groups is 1. The van der Waals surface area contributed by atoms with Crippen molar-refractivity contribution < 1.29 is 4.79 Å². The Balaban J connectivity index is 1.25. The normalized spacial score (nSPS) is 17.7. The van der Waals surface area contributed by atoms with E-state index in [0.29, 0.717) is 23.1 Å². The van der Waals surface area contributed by atoms with Crippen LogP contribution in [0.5, 0.6) is 0 Å². The van der Waals surface area contributed by atoms with Crippen molar-refractivity contribution in [1.29, 1.82) is 0 Å². The van der Waals surface area contributed by atoms with Gasteiger partial charge in [-0.2, -0.15) is 0 Å². The molecule has 0 saturated heterocycles. The molecule has 0 bridgehead atoms. The van der Waals surface area contributed by atoms with E-state index in [9.17, 15) is 4.79 Å². The molecule has 0 atom stereocenters. The summed E-state index contributed by atoms with van der Waals surface area (Å²) in [5, 5.41) is 7.09.